The molecule has 4 aromatic rings. The van der Waals surface area contributed by atoms with Crippen molar-refractivity contribution < 1.29 is 9.63 Å². The van der Waals surface area contributed by atoms with Gasteiger partial charge in [-0.15, -0.1) is 0 Å². The molecule has 132 valence electrons. The molecule has 0 bridgehead atoms. The highest BCUT2D eigenvalue weighted by molar-refractivity contribution is 6.19. The van der Waals surface area contributed by atoms with Crippen molar-refractivity contribution in [3.05, 3.63) is 102 Å². The lowest BCUT2D eigenvalue weighted by Gasteiger charge is -2.05. The van der Waals surface area contributed by atoms with Crippen molar-refractivity contribution in [2.45, 2.75) is 6.92 Å². The van der Waals surface area contributed by atoms with Gasteiger partial charge < -0.3 is 9.40 Å². The zero-order valence-corrected chi connectivity index (χ0v) is 14.9. The average Bonchev–Trinajstić information content (AvgIpc) is 3.09. The topological polar surface area (TPSA) is 43.6 Å². The second kappa shape index (κ2) is 7.30. The van der Waals surface area contributed by atoms with Gasteiger partial charge in [0.2, 0.25) is 0 Å². The van der Waals surface area contributed by atoms with Gasteiger partial charge in [0, 0.05) is 35.3 Å². The van der Waals surface area contributed by atoms with Gasteiger partial charge in [-0.2, -0.15) is 0 Å². The number of fused-ring (bicyclic) bond motifs is 1. The van der Waals surface area contributed by atoms with Gasteiger partial charge in [-0.3, -0.25) is 0 Å². The van der Waals surface area contributed by atoms with Crippen LogP contribution in [0.2, 0.25) is 0 Å². The first-order valence-corrected chi connectivity index (χ1v) is 8.71. The summed E-state index contributed by atoms with van der Waals surface area (Å²) in [5.74, 6) is -0.449. The van der Waals surface area contributed by atoms with E-state index in [0.717, 1.165) is 27.7 Å². The highest BCUT2D eigenvalue weighted by Crippen LogP contribution is 2.27. The highest BCUT2D eigenvalue weighted by Gasteiger charge is 2.17. The summed E-state index contributed by atoms with van der Waals surface area (Å²) in [6.07, 6.45) is 2.04. The van der Waals surface area contributed by atoms with Crippen molar-refractivity contribution in [3.8, 4) is 5.69 Å². The molecule has 0 aliphatic rings. The van der Waals surface area contributed by atoms with Gasteiger partial charge in [-0.25, -0.2) is 4.79 Å². The summed E-state index contributed by atoms with van der Waals surface area (Å²) >= 11 is 0. The number of hydrogen-bond acceptors (Lipinski definition) is 3. The molecule has 0 saturated carbocycles. The molecule has 0 spiro atoms. The van der Waals surface area contributed by atoms with Crippen LogP contribution in [-0.4, -0.2) is 16.2 Å². The van der Waals surface area contributed by atoms with E-state index in [-0.39, 0.29) is 0 Å². The SMILES string of the molecule is CC(=O)O/N=C(\c1ccccc1)c1cn(-c2ccccc2)c2ccccc12. The summed E-state index contributed by atoms with van der Waals surface area (Å²) < 4.78 is 2.12. The van der Waals surface area contributed by atoms with Crippen molar-refractivity contribution in [2.24, 2.45) is 5.16 Å². The zero-order valence-electron chi connectivity index (χ0n) is 14.9. The number of hydrogen-bond donors (Lipinski definition) is 0. The predicted octanol–water partition coefficient (Wildman–Crippen LogP) is 4.95. The van der Waals surface area contributed by atoms with Crippen molar-refractivity contribution in [3.63, 3.8) is 0 Å². The average molecular weight is 354 g/mol. The number of rotatable bonds is 4. The lowest BCUT2D eigenvalue weighted by Crippen LogP contribution is -2.05. The molecule has 0 aliphatic carbocycles. The second-order valence-corrected chi connectivity index (χ2v) is 6.15. The number of carbonyl (C=O) groups excluding carboxylic acids is 1. The summed E-state index contributed by atoms with van der Waals surface area (Å²) in [4.78, 5) is 16.4. The summed E-state index contributed by atoms with van der Waals surface area (Å²) in [5, 5.41) is 5.21. The third kappa shape index (κ3) is 3.37. The lowest BCUT2D eigenvalue weighted by atomic mass is 10.0. The van der Waals surface area contributed by atoms with Gasteiger partial charge in [0.15, 0.2) is 0 Å². The Morgan fingerprint density at radius 3 is 2.19 bits per heavy atom. The molecule has 0 amide bonds. The quantitative estimate of drug-likeness (QED) is 0.296. The first-order valence-electron chi connectivity index (χ1n) is 8.71. The highest BCUT2D eigenvalue weighted by atomic mass is 16.7. The van der Waals surface area contributed by atoms with E-state index >= 15 is 0 Å². The molecule has 1 heterocycles. The van der Waals surface area contributed by atoms with Crippen LogP contribution in [0.15, 0.2) is 96.3 Å². The van der Waals surface area contributed by atoms with E-state index < -0.39 is 5.97 Å². The fraction of sp³-hybridized carbons (Fsp3) is 0.0435. The smallest absolute Gasteiger partial charge is 0.318 e. The van der Waals surface area contributed by atoms with E-state index in [2.05, 4.69) is 34.0 Å². The molecule has 4 heteroatoms. The molecular weight excluding hydrogens is 336 g/mol. The molecule has 0 N–H and O–H groups in total. The minimum absolute atomic E-state index is 0.449. The van der Waals surface area contributed by atoms with E-state index in [1.165, 1.54) is 6.92 Å². The summed E-state index contributed by atoms with van der Waals surface area (Å²) in [5.41, 5.74) is 4.53. The van der Waals surface area contributed by atoms with Gasteiger partial charge in [0.1, 0.15) is 5.71 Å². The summed E-state index contributed by atoms with van der Waals surface area (Å²) in [6, 6.07) is 28.0. The molecule has 0 fully saturated rings. The monoisotopic (exact) mass is 354 g/mol. The van der Waals surface area contributed by atoms with Crippen molar-refractivity contribution in [2.75, 3.05) is 0 Å². The fourth-order valence-corrected chi connectivity index (χ4v) is 3.13. The maximum Gasteiger partial charge on any atom is 0.332 e. The standard InChI is InChI=1S/C23H18N2O2/c1-17(26)27-24-23(18-10-4-2-5-11-18)21-16-25(19-12-6-3-7-13-19)22-15-9-8-14-20(21)22/h2-16H,1H3/b24-23+. The maximum absolute atomic E-state index is 11.4. The Morgan fingerprint density at radius 2 is 1.48 bits per heavy atom. The minimum atomic E-state index is -0.449. The number of para-hydroxylation sites is 2. The maximum atomic E-state index is 11.4. The van der Waals surface area contributed by atoms with Crippen molar-refractivity contribution in [1.29, 1.82) is 0 Å². The van der Waals surface area contributed by atoms with E-state index in [0.29, 0.717) is 5.71 Å². The van der Waals surface area contributed by atoms with Crippen LogP contribution in [-0.2, 0) is 9.63 Å². The third-order valence-electron chi connectivity index (χ3n) is 4.31. The largest absolute Gasteiger partial charge is 0.332 e. The Kier molecular flexibility index (Phi) is 4.54. The van der Waals surface area contributed by atoms with Crippen LogP contribution in [0.3, 0.4) is 0 Å². The minimum Gasteiger partial charge on any atom is -0.318 e. The zero-order chi connectivity index (χ0) is 18.6. The third-order valence-corrected chi connectivity index (χ3v) is 4.31. The molecule has 0 atom stereocenters. The summed E-state index contributed by atoms with van der Waals surface area (Å²) in [7, 11) is 0. The van der Waals surface area contributed by atoms with Crippen LogP contribution in [0.1, 0.15) is 18.1 Å². The molecule has 0 radical (unpaired) electrons. The van der Waals surface area contributed by atoms with Crippen LogP contribution in [0.25, 0.3) is 16.6 Å². The molecule has 0 aliphatic heterocycles. The number of oxime groups is 1. The Morgan fingerprint density at radius 1 is 0.852 bits per heavy atom. The Hall–Kier alpha value is -3.66. The van der Waals surface area contributed by atoms with Gasteiger partial charge in [0.05, 0.1) is 5.52 Å². The molecule has 4 rings (SSSR count). The Balaban J connectivity index is 1.96. The normalized spacial score (nSPS) is 11.5. The molecule has 4 nitrogen and oxygen atoms in total. The van der Waals surface area contributed by atoms with Crippen molar-refractivity contribution >= 4 is 22.6 Å². The van der Waals surface area contributed by atoms with Crippen molar-refractivity contribution in [1.82, 2.24) is 4.57 Å². The number of benzene rings is 3. The fourth-order valence-electron chi connectivity index (χ4n) is 3.13. The Labute approximate surface area is 157 Å². The van der Waals surface area contributed by atoms with Gasteiger partial charge in [0.25, 0.3) is 0 Å². The number of nitrogens with zero attached hydrogens (tertiary/aromatic N) is 2. The van der Waals surface area contributed by atoms with Gasteiger partial charge in [-0.1, -0.05) is 71.9 Å². The number of carbonyl (C=O) groups is 1. The van der Waals surface area contributed by atoms with E-state index in [9.17, 15) is 4.79 Å². The van der Waals surface area contributed by atoms with Crippen LogP contribution in [0, 0.1) is 0 Å². The molecular formula is C23H18N2O2. The van der Waals surface area contributed by atoms with E-state index in [1.807, 2.05) is 66.9 Å². The van der Waals surface area contributed by atoms with E-state index in [1.54, 1.807) is 0 Å². The predicted molar refractivity (Wildman–Crippen MR) is 107 cm³/mol. The molecule has 1 aromatic heterocycles. The van der Waals surface area contributed by atoms with Crippen LogP contribution >= 0.6 is 0 Å². The second-order valence-electron chi connectivity index (χ2n) is 6.15. The lowest BCUT2D eigenvalue weighted by molar-refractivity contribution is -0.140. The van der Waals surface area contributed by atoms with Gasteiger partial charge in [-0.05, 0) is 18.2 Å². The first kappa shape index (κ1) is 16.8. The van der Waals surface area contributed by atoms with Gasteiger partial charge >= 0.3 is 5.97 Å². The van der Waals surface area contributed by atoms with Crippen LogP contribution in [0.4, 0.5) is 0 Å². The van der Waals surface area contributed by atoms with Crippen LogP contribution < -0.4 is 0 Å². The summed E-state index contributed by atoms with van der Waals surface area (Å²) in [6.45, 7) is 1.35. The first-order chi connectivity index (χ1) is 13.2. The molecule has 0 unspecified atom stereocenters. The van der Waals surface area contributed by atoms with E-state index in [4.69, 9.17) is 4.84 Å². The Bertz CT molecular complexity index is 1110. The number of aromatic nitrogens is 1. The molecule has 0 saturated heterocycles. The molecule has 27 heavy (non-hydrogen) atoms. The van der Waals surface area contributed by atoms with Crippen LogP contribution in [0.5, 0.6) is 0 Å². The molecule has 3 aromatic carbocycles.